The molecule has 0 aromatic heterocycles. The van der Waals surface area contributed by atoms with Gasteiger partial charge in [-0.3, -0.25) is 38.4 Å². The summed E-state index contributed by atoms with van der Waals surface area (Å²) in [6.07, 6.45) is 10.1. The predicted molar refractivity (Wildman–Crippen MR) is 253 cm³/mol. The van der Waals surface area contributed by atoms with E-state index in [0.717, 1.165) is 19.3 Å². The van der Waals surface area contributed by atoms with Crippen LogP contribution in [-0.2, 0) is 44.8 Å². The number of rotatable bonds is 38. The van der Waals surface area contributed by atoms with Crippen molar-refractivity contribution >= 4 is 46.9 Å². The Balaban J connectivity index is 3.08. The van der Waals surface area contributed by atoms with Crippen LogP contribution in [0.15, 0.2) is 24.3 Å². The number of amides is 4. The fourth-order valence-electron chi connectivity index (χ4n) is 7.95. The minimum absolute atomic E-state index is 0.00111. The van der Waals surface area contributed by atoms with Gasteiger partial charge in [0.1, 0.15) is 11.8 Å². The van der Waals surface area contributed by atoms with Crippen LogP contribution in [0.1, 0.15) is 162 Å². The number of carbonyl (C=O) groups is 8. The van der Waals surface area contributed by atoms with E-state index in [1.807, 2.05) is 13.8 Å². The summed E-state index contributed by atoms with van der Waals surface area (Å²) in [7, 11) is 1.26. The van der Waals surface area contributed by atoms with Gasteiger partial charge in [-0.25, -0.2) is 0 Å². The van der Waals surface area contributed by atoms with Crippen LogP contribution in [0.4, 0.5) is 0 Å². The second kappa shape index (κ2) is 33.7. The molecule has 0 aliphatic carbocycles. The maximum Gasteiger partial charge on any atom is 0.304 e. The third-order valence-corrected chi connectivity index (χ3v) is 12.0. The summed E-state index contributed by atoms with van der Waals surface area (Å²) < 4.78 is 0. The molecule has 0 fully saturated rings. The summed E-state index contributed by atoms with van der Waals surface area (Å²) in [6.45, 7) is 7.60. The Bertz CT molecular complexity index is 1680. The largest absolute Gasteiger partial charge is 0.508 e. The van der Waals surface area contributed by atoms with Crippen LogP contribution in [0.5, 0.6) is 5.75 Å². The molecule has 1 rings (SSSR count). The van der Waals surface area contributed by atoms with Crippen molar-refractivity contribution in [3.63, 3.8) is 0 Å². The summed E-state index contributed by atoms with van der Waals surface area (Å²) in [5, 5.41) is 60.6. The molecule has 0 spiro atoms. The molecule has 0 saturated heterocycles. The number of carboxylic acid groups (broad SMARTS) is 1. The molecule has 380 valence electrons. The lowest BCUT2D eigenvalue weighted by molar-refractivity contribution is -0.142. The maximum atomic E-state index is 14.0. The fraction of sp³-hybridized carbons (Fsp3) is 0.720. The molecular weight excluding hydrogens is 865 g/mol. The maximum absolute atomic E-state index is 14.0. The standard InChI is InChI=1S/C50H82N4O13/c1-7-8-9-10-11-12-13-14-15-16-17-18-19-20-45(62)52-40(25-32(2)3)43(60)30-39(33(4)56)50(67)53-41(26-35-21-23-38(58)24-22-35)42(59)28-37(31-55)49(66)54-47(34(5)57)44(61)27-36(29-46(63)64)48(65)51-6/h21-24,32-34,36-37,39-41,47,55-58H,7-20,25-31H2,1-6H3,(H,51,65)(H,52,62)(H,53,67)(H,54,66)(H,63,64)/t33-,34+,36-,37-,39-,40-,41-,47-/m0/s1. The first-order valence-electron chi connectivity index (χ1n) is 24.4. The molecule has 1 aromatic rings. The number of phenols is 1. The topological polar surface area (TPSA) is 286 Å². The average molecular weight is 947 g/mol. The lowest BCUT2D eigenvalue weighted by atomic mass is 9.89. The van der Waals surface area contributed by atoms with Gasteiger partial charge in [0.15, 0.2) is 17.3 Å². The van der Waals surface area contributed by atoms with Gasteiger partial charge in [0.05, 0.1) is 55.1 Å². The number of Topliss-reactive ketones (excluding diaryl/α,β-unsaturated/α-hetero) is 3. The number of hydrogen-bond acceptors (Lipinski definition) is 12. The number of carbonyl (C=O) groups excluding carboxylic acids is 7. The van der Waals surface area contributed by atoms with Crippen molar-refractivity contribution in [2.24, 2.45) is 23.7 Å². The molecule has 8 atom stereocenters. The summed E-state index contributed by atoms with van der Waals surface area (Å²) in [5.74, 6) is -10.6. The van der Waals surface area contributed by atoms with Crippen LogP contribution >= 0.6 is 0 Å². The summed E-state index contributed by atoms with van der Waals surface area (Å²) >= 11 is 0. The zero-order valence-electron chi connectivity index (χ0n) is 40.9. The van der Waals surface area contributed by atoms with Crippen molar-refractivity contribution in [1.82, 2.24) is 21.3 Å². The summed E-state index contributed by atoms with van der Waals surface area (Å²) in [6, 6.07) is 1.77. The van der Waals surface area contributed by atoms with E-state index in [2.05, 4.69) is 28.2 Å². The number of nitrogens with one attached hydrogen (secondary N) is 4. The Morgan fingerprint density at radius 2 is 1.10 bits per heavy atom. The average Bonchev–Trinajstić information content (AvgIpc) is 3.26. The lowest BCUT2D eigenvalue weighted by Gasteiger charge is -2.27. The number of aromatic hydroxyl groups is 1. The van der Waals surface area contributed by atoms with Gasteiger partial charge < -0.3 is 46.8 Å². The van der Waals surface area contributed by atoms with Crippen molar-refractivity contribution < 1.29 is 63.9 Å². The van der Waals surface area contributed by atoms with Crippen molar-refractivity contribution in [2.45, 2.75) is 193 Å². The second-order valence-electron chi connectivity index (χ2n) is 18.5. The molecule has 0 aliphatic rings. The molecule has 1 aromatic carbocycles. The molecular formula is C50H82N4O13. The predicted octanol–water partition coefficient (Wildman–Crippen LogP) is 4.62. The highest BCUT2D eigenvalue weighted by atomic mass is 16.4. The van der Waals surface area contributed by atoms with Crippen molar-refractivity contribution in [1.29, 1.82) is 0 Å². The van der Waals surface area contributed by atoms with Crippen molar-refractivity contribution in [3.05, 3.63) is 29.8 Å². The van der Waals surface area contributed by atoms with E-state index in [-0.39, 0.29) is 30.4 Å². The van der Waals surface area contributed by atoms with Crippen LogP contribution < -0.4 is 21.3 Å². The molecule has 0 radical (unpaired) electrons. The Labute approximate surface area is 397 Å². The molecule has 0 bridgehead atoms. The molecule has 0 unspecified atom stereocenters. The molecule has 0 heterocycles. The van der Waals surface area contributed by atoms with Crippen molar-refractivity contribution in [3.8, 4) is 5.75 Å². The highest BCUT2D eigenvalue weighted by Gasteiger charge is 2.36. The quantitative estimate of drug-likeness (QED) is 0.0410. The Hall–Kier alpha value is -4.74. The zero-order chi connectivity index (χ0) is 50.5. The molecule has 4 amide bonds. The van der Waals surface area contributed by atoms with Crippen LogP contribution in [0, 0.1) is 23.7 Å². The van der Waals surface area contributed by atoms with E-state index in [4.69, 9.17) is 0 Å². The smallest absolute Gasteiger partial charge is 0.304 e. The first-order valence-corrected chi connectivity index (χ1v) is 24.4. The normalized spacial score (nSPS) is 15.0. The highest BCUT2D eigenvalue weighted by molar-refractivity contribution is 5.97. The minimum Gasteiger partial charge on any atom is -0.508 e. The number of aliphatic hydroxyl groups excluding tert-OH is 3. The third kappa shape index (κ3) is 25.3. The molecule has 0 aliphatic heterocycles. The SMILES string of the molecule is CCCCCCCCCCCCCCCC(=O)N[C@@H](CC(C)C)C(=O)C[C@H](C(=O)N[C@@H](Cc1ccc(O)cc1)C(=O)C[C@@H](CO)C(=O)N[C@H](C(=O)C[C@@H](CC(=O)O)C(=O)NC)[C@@H](C)O)[C@H](C)O. The molecule has 17 heteroatoms. The highest BCUT2D eigenvalue weighted by Crippen LogP contribution is 2.20. The third-order valence-electron chi connectivity index (χ3n) is 12.0. The lowest BCUT2D eigenvalue weighted by Crippen LogP contribution is -2.52. The number of hydrogen-bond donors (Lipinski definition) is 9. The number of aliphatic carboxylic acids is 1. The van der Waals surface area contributed by atoms with Gasteiger partial charge in [-0.05, 0) is 56.7 Å². The zero-order valence-corrected chi connectivity index (χ0v) is 40.9. The van der Waals surface area contributed by atoms with Gasteiger partial charge in [0.25, 0.3) is 0 Å². The first-order chi connectivity index (χ1) is 31.7. The Morgan fingerprint density at radius 3 is 1.58 bits per heavy atom. The fourth-order valence-corrected chi connectivity index (χ4v) is 7.95. The van der Waals surface area contributed by atoms with E-state index in [1.165, 1.54) is 103 Å². The second-order valence-corrected chi connectivity index (χ2v) is 18.5. The van der Waals surface area contributed by atoms with E-state index >= 15 is 0 Å². The number of ketones is 3. The number of aliphatic hydroxyl groups is 3. The molecule has 17 nitrogen and oxygen atoms in total. The van der Waals surface area contributed by atoms with E-state index in [1.54, 1.807) is 0 Å². The van der Waals surface area contributed by atoms with Crippen LogP contribution in [0.3, 0.4) is 0 Å². The van der Waals surface area contributed by atoms with Gasteiger partial charge in [-0.1, -0.05) is 110 Å². The summed E-state index contributed by atoms with van der Waals surface area (Å²) in [5.41, 5.74) is 0.473. The number of benzene rings is 1. The van der Waals surface area contributed by atoms with Gasteiger partial charge >= 0.3 is 5.97 Å². The summed E-state index contributed by atoms with van der Waals surface area (Å²) in [4.78, 5) is 105. The van der Waals surface area contributed by atoms with Crippen LogP contribution in [0.2, 0.25) is 0 Å². The molecule has 67 heavy (non-hydrogen) atoms. The van der Waals surface area contributed by atoms with Gasteiger partial charge in [-0.15, -0.1) is 0 Å². The van der Waals surface area contributed by atoms with E-state index in [9.17, 15) is 63.9 Å². The van der Waals surface area contributed by atoms with Crippen molar-refractivity contribution in [2.75, 3.05) is 13.7 Å². The van der Waals surface area contributed by atoms with Gasteiger partial charge in [-0.2, -0.15) is 0 Å². The van der Waals surface area contributed by atoms with Crippen LogP contribution in [-0.4, -0.2) is 116 Å². The van der Waals surface area contributed by atoms with Gasteiger partial charge in [0.2, 0.25) is 23.6 Å². The van der Waals surface area contributed by atoms with Crippen LogP contribution in [0.25, 0.3) is 0 Å². The molecule has 9 N–H and O–H groups in total. The Kier molecular flexibility index (Phi) is 30.3. The Morgan fingerprint density at radius 1 is 0.582 bits per heavy atom. The van der Waals surface area contributed by atoms with Gasteiger partial charge in [0, 0.05) is 32.7 Å². The monoisotopic (exact) mass is 947 g/mol. The number of carboxylic acids is 1. The molecule has 0 saturated carbocycles. The number of unbranched alkanes of at least 4 members (excludes halogenated alkanes) is 12. The van der Waals surface area contributed by atoms with E-state index in [0.29, 0.717) is 18.4 Å². The number of phenolic OH excluding ortho intramolecular Hbond substituents is 1. The first kappa shape index (κ1) is 60.3. The minimum atomic E-state index is -1.64. The van der Waals surface area contributed by atoms with E-state index < -0.39 is 121 Å².